The van der Waals surface area contributed by atoms with Crippen molar-refractivity contribution in [3.8, 4) is 0 Å². The molecule has 0 radical (unpaired) electrons. The van der Waals surface area contributed by atoms with Gasteiger partial charge in [-0.1, -0.05) is 43.2 Å². The maximum atomic E-state index is 12.0. The van der Waals surface area contributed by atoms with Crippen molar-refractivity contribution in [2.75, 3.05) is 37.7 Å². The standard InChI is InChI=1S/C26H39N5O4S/c27-22-13-17-31(26(33)30-22)23-20-36-25(35-23)19-34-24(32)12-6-2-7-14-28-15-8-3-9-16-29-18-21-10-4-1-5-11-21/h1,4-5,10-11,13,17,23,25,28-29H,2-3,6-9,12,14-16,18-20H2,(H2,27,30,33). The first-order valence-electron chi connectivity index (χ1n) is 12.8. The molecule has 2 atom stereocenters. The summed E-state index contributed by atoms with van der Waals surface area (Å²) in [6.45, 7) is 4.19. The fourth-order valence-corrected chi connectivity index (χ4v) is 4.87. The minimum atomic E-state index is -0.445. The molecular formula is C26H39N5O4S. The zero-order valence-electron chi connectivity index (χ0n) is 20.9. The number of ether oxygens (including phenoxy) is 2. The van der Waals surface area contributed by atoms with Gasteiger partial charge in [0.2, 0.25) is 0 Å². The highest BCUT2D eigenvalue weighted by atomic mass is 32.2. The molecular weight excluding hydrogens is 478 g/mol. The van der Waals surface area contributed by atoms with Gasteiger partial charge in [-0.3, -0.25) is 9.36 Å². The summed E-state index contributed by atoms with van der Waals surface area (Å²) in [6, 6.07) is 12.0. The molecule has 3 rings (SSSR count). The Labute approximate surface area is 217 Å². The topological polar surface area (TPSA) is 121 Å². The fourth-order valence-electron chi connectivity index (χ4n) is 3.88. The Balaban J connectivity index is 1.10. The molecule has 1 aromatic carbocycles. The molecule has 1 saturated heterocycles. The predicted molar refractivity (Wildman–Crippen MR) is 144 cm³/mol. The summed E-state index contributed by atoms with van der Waals surface area (Å²) in [5, 5.41) is 6.97. The molecule has 0 amide bonds. The first-order chi connectivity index (χ1) is 17.6. The van der Waals surface area contributed by atoms with Gasteiger partial charge >= 0.3 is 11.7 Å². The smallest absolute Gasteiger partial charge is 0.351 e. The first-order valence-corrected chi connectivity index (χ1v) is 13.9. The lowest BCUT2D eigenvalue weighted by Crippen LogP contribution is -2.29. The Kier molecular flexibility index (Phi) is 12.8. The van der Waals surface area contributed by atoms with Crippen molar-refractivity contribution in [3.05, 3.63) is 58.6 Å². The molecule has 2 unspecified atom stereocenters. The second-order valence-corrected chi connectivity index (χ2v) is 10.1. The minimum Gasteiger partial charge on any atom is -0.462 e. The van der Waals surface area contributed by atoms with Crippen LogP contribution in [0.2, 0.25) is 0 Å². The van der Waals surface area contributed by atoms with E-state index in [4.69, 9.17) is 15.2 Å². The molecule has 10 heteroatoms. The number of rotatable bonds is 17. The van der Waals surface area contributed by atoms with Crippen molar-refractivity contribution >= 4 is 23.5 Å². The molecule has 9 nitrogen and oxygen atoms in total. The van der Waals surface area contributed by atoms with E-state index in [9.17, 15) is 9.59 Å². The van der Waals surface area contributed by atoms with E-state index >= 15 is 0 Å². The highest BCUT2D eigenvalue weighted by Gasteiger charge is 2.29. The Bertz CT molecular complexity index is 959. The summed E-state index contributed by atoms with van der Waals surface area (Å²) in [5.41, 5.74) is 6.12. The highest BCUT2D eigenvalue weighted by Crippen LogP contribution is 2.31. The van der Waals surface area contributed by atoms with E-state index in [1.165, 1.54) is 41.2 Å². The van der Waals surface area contributed by atoms with Crippen molar-refractivity contribution in [2.24, 2.45) is 0 Å². The van der Waals surface area contributed by atoms with Gasteiger partial charge in [0, 0.05) is 24.9 Å². The number of unbranched alkanes of at least 4 members (excludes halogenated alkanes) is 4. The number of carbonyl (C=O) groups is 1. The number of thioether (sulfide) groups is 1. The number of nitrogens with one attached hydrogen (secondary N) is 2. The van der Waals surface area contributed by atoms with Gasteiger partial charge in [-0.15, -0.1) is 11.8 Å². The Hall–Kier alpha value is -2.40. The minimum absolute atomic E-state index is 0.181. The number of esters is 1. The maximum absolute atomic E-state index is 12.0. The van der Waals surface area contributed by atoms with Crippen molar-refractivity contribution in [1.29, 1.82) is 0 Å². The second kappa shape index (κ2) is 16.4. The molecule has 2 heterocycles. The van der Waals surface area contributed by atoms with Crippen LogP contribution in [0.1, 0.15) is 56.7 Å². The SMILES string of the molecule is Nc1ccn(C2CSC(COC(=O)CCCCCNCCCCCNCc3ccccc3)O2)c(=O)n1. The second-order valence-electron chi connectivity index (χ2n) is 8.86. The number of hydrogen-bond acceptors (Lipinski definition) is 9. The largest absolute Gasteiger partial charge is 0.462 e. The Morgan fingerprint density at radius 1 is 1.06 bits per heavy atom. The van der Waals surface area contributed by atoms with Gasteiger partial charge in [0.1, 0.15) is 24.1 Å². The monoisotopic (exact) mass is 517 g/mol. The third-order valence-corrected chi connectivity index (χ3v) is 6.99. The van der Waals surface area contributed by atoms with Crippen molar-refractivity contribution in [1.82, 2.24) is 20.2 Å². The molecule has 1 aliphatic heterocycles. The Morgan fingerprint density at radius 3 is 2.53 bits per heavy atom. The molecule has 36 heavy (non-hydrogen) atoms. The van der Waals surface area contributed by atoms with Gasteiger partial charge in [-0.25, -0.2) is 4.79 Å². The zero-order valence-corrected chi connectivity index (χ0v) is 21.7. The number of anilines is 1. The van der Waals surface area contributed by atoms with Crippen LogP contribution >= 0.6 is 11.8 Å². The first kappa shape index (κ1) is 28.2. The Morgan fingerprint density at radius 2 is 1.78 bits per heavy atom. The van der Waals surface area contributed by atoms with Crippen LogP contribution in [-0.4, -0.2) is 53.0 Å². The van der Waals surface area contributed by atoms with Crippen molar-refractivity contribution in [2.45, 2.75) is 63.2 Å². The van der Waals surface area contributed by atoms with E-state index in [2.05, 4.69) is 39.9 Å². The van der Waals surface area contributed by atoms with Gasteiger partial charge < -0.3 is 25.8 Å². The van der Waals surface area contributed by atoms with Crippen molar-refractivity contribution in [3.63, 3.8) is 0 Å². The van der Waals surface area contributed by atoms with Crippen LogP contribution in [0.3, 0.4) is 0 Å². The van der Waals surface area contributed by atoms with Crippen LogP contribution in [0.5, 0.6) is 0 Å². The summed E-state index contributed by atoms with van der Waals surface area (Å²) >= 11 is 1.52. The summed E-state index contributed by atoms with van der Waals surface area (Å²) in [6.07, 6.45) is 8.03. The third kappa shape index (κ3) is 10.7. The average molecular weight is 518 g/mol. The lowest BCUT2D eigenvalue weighted by atomic mass is 10.2. The summed E-state index contributed by atoms with van der Waals surface area (Å²) in [7, 11) is 0. The van der Waals surface area contributed by atoms with Gasteiger partial charge in [-0.2, -0.15) is 4.98 Å². The molecule has 0 spiro atoms. The third-order valence-electron chi connectivity index (χ3n) is 5.89. The molecule has 2 aromatic rings. The van der Waals surface area contributed by atoms with E-state index in [0.29, 0.717) is 12.2 Å². The van der Waals surface area contributed by atoms with E-state index < -0.39 is 11.9 Å². The molecule has 4 N–H and O–H groups in total. The van der Waals surface area contributed by atoms with Gasteiger partial charge in [0.05, 0.1) is 0 Å². The lowest BCUT2D eigenvalue weighted by Gasteiger charge is -2.14. The zero-order chi connectivity index (χ0) is 25.4. The van der Waals surface area contributed by atoms with Gasteiger partial charge in [-0.05, 0) is 56.9 Å². The number of nitrogens with zero attached hydrogens (tertiary/aromatic N) is 2. The molecule has 198 valence electrons. The van der Waals surface area contributed by atoms with Gasteiger partial charge in [0.15, 0.2) is 0 Å². The lowest BCUT2D eigenvalue weighted by molar-refractivity contribution is -0.147. The highest BCUT2D eigenvalue weighted by molar-refractivity contribution is 8.00. The summed E-state index contributed by atoms with van der Waals surface area (Å²) in [4.78, 5) is 27.7. The summed E-state index contributed by atoms with van der Waals surface area (Å²) in [5.74, 6) is 0.565. The molecule has 1 aromatic heterocycles. The van der Waals surface area contributed by atoms with Crippen LogP contribution in [0.4, 0.5) is 5.82 Å². The molecule has 0 bridgehead atoms. The predicted octanol–water partition coefficient (Wildman–Crippen LogP) is 3.07. The number of carbonyl (C=O) groups excluding carboxylic acids is 1. The number of aromatic nitrogens is 2. The number of nitrogen functional groups attached to an aromatic ring is 1. The fraction of sp³-hybridized carbons (Fsp3) is 0.577. The maximum Gasteiger partial charge on any atom is 0.351 e. The summed E-state index contributed by atoms with van der Waals surface area (Å²) < 4.78 is 12.6. The molecule has 1 fully saturated rings. The number of benzene rings is 1. The van der Waals surface area contributed by atoms with Crippen LogP contribution < -0.4 is 22.1 Å². The van der Waals surface area contributed by atoms with E-state index in [1.807, 2.05) is 6.07 Å². The van der Waals surface area contributed by atoms with E-state index in [1.54, 1.807) is 12.3 Å². The van der Waals surface area contributed by atoms with Crippen LogP contribution in [-0.2, 0) is 20.8 Å². The molecule has 0 aliphatic carbocycles. The number of nitrogens with two attached hydrogens (primary N) is 1. The average Bonchev–Trinajstić information content (AvgIpc) is 3.35. The van der Waals surface area contributed by atoms with E-state index in [-0.39, 0.29) is 23.8 Å². The normalized spacial score (nSPS) is 17.3. The molecule has 1 aliphatic rings. The van der Waals surface area contributed by atoms with Crippen molar-refractivity contribution < 1.29 is 14.3 Å². The molecule has 0 saturated carbocycles. The van der Waals surface area contributed by atoms with Gasteiger partial charge in [0.25, 0.3) is 0 Å². The number of hydrogen-bond donors (Lipinski definition) is 3. The van der Waals surface area contributed by atoms with E-state index in [0.717, 1.165) is 45.4 Å². The van der Waals surface area contributed by atoms with Crippen LogP contribution in [0, 0.1) is 0 Å². The quantitative estimate of drug-likeness (QED) is 0.215. The van der Waals surface area contributed by atoms with Crippen LogP contribution in [0.15, 0.2) is 47.4 Å². The van der Waals surface area contributed by atoms with Crippen LogP contribution in [0.25, 0.3) is 0 Å².